The molecule has 3 heterocycles. The van der Waals surface area contributed by atoms with Gasteiger partial charge in [0, 0.05) is 38.9 Å². The van der Waals surface area contributed by atoms with E-state index in [1.807, 2.05) is 18.2 Å². The molecule has 7 heteroatoms. The molecule has 0 amide bonds. The van der Waals surface area contributed by atoms with Gasteiger partial charge in [-0.25, -0.2) is 0 Å². The van der Waals surface area contributed by atoms with Crippen LogP contribution in [0.1, 0.15) is 31.7 Å². The van der Waals surface area contributed by atoms with Crippen LogP contribution >= 0.6 is 0 Å². The lowest BCUT2D eigenvalue weighted by Crippen LogP contribution is -2.37. The molecule has 1 atom stereocenters. The van der Waals surface area contributed by atoms with Crippen molar-refractivity contribution in [3.63, 3.8) is 0 Å². The van der Waals surface area contributed by atoms with Crippen molar-refractivity contribution in [2.45, 2.75) is 38.7 Å². The zero-order chi connectivity index (χ0) is 20.8. The highest BCUT2D eigenvalue weighted by Crippen LogP contribution is 2.33. The molecule has 0 aliphatic carbocycles. The molecule has 0 saturated carbocycles. The Balaban J connectivity index is 1.63. The molecular formula is C23H32N4O3. The number of para-hydroxylation sites is 1. The number of aromatic nitrogens is 2. The number of morpholine rings is 1. The van der Waals surface area contributed by atoms with Crippen molar-refractivity contribution in [3.8, 4) is 5.88 Å². The third-order valence-electron chi connectivity index (χ3n) is 5.75. The molecule has 0 radical (unpaired) electrons. The predicted octanol–water partition coefficient (Wildman–Crippen LogP) is 3.59. The number of rotatable bonds is 8. The van der Waals surface area contributed by atoms with Crippen molar-refractivity contribution >= 4 is 17.5 Å². The molecule has 0 spiro atoms. The van der Waals surface area contributed by atoms with Gasteiger partial charge in [0.2, 0.25) is 11.8 Å². The Morgan fingerprint density at radius 1 is 1.13 bits per heavy atom. The van der Waals surface area contributed by atoms with Crippen molar-refractivity contribution in [2.24, 2.45) is 0 Å². The van der Waals surface area contributed by atoms with E-state index in [0.29, 0.717) is 37.8 Å². The van der Waals surface area contributed by atoms with Gasteiger partial charge in [0.1, 0.15) is 5.82 Å². The van der Waals surface area contributed by atoms with Gasteiger partial charge in [-0.05, 0) is 31.4 Å². The van der Waals surface area contributed by atoms with Crippen molar-refractivity contribution in [1.82, 2.24) is 9.97 Å². The van der Waals surface area contributed by atoms with Gasteiger partial charge >= 0.3 is 0 Å². The summed E-state index contributed by atoms with van der Waals surface area (Å²) in [5, 5.41) is 0. The van der Waals surface area contributed by atoms with Crippen LogP contribution in [0.5, 0.6) is 5.88 Å². The highest BCUT2D eigenvalue weighted by atomic mass is 16.5. The van der Waals surface area contributed by atoms with E-state index in [1.54, 1.807) is 0 Å². The Labute approximate surface area is 179 Å². The van der Waals surface area contributed by atoms with Crippen LogP contribution in [-0.4, -0.2) is 62.6 Å². The standard InChI is InChI=1S/C23H32N4O3/c1-3-20-21(26(2)18-8-5-4-6-9-18)24-23(27-12-16-28-17-13-27)25-22(20)30-15-11-19-10-7-14-29-19/h4-6,8-9,19H,3,7,10-17H2,1-2H3. The molecule has 0 bridgehead atoms. The van der Waals surface area contributed by atoms with Gasteiger partial charge in [-0.1, -0.05) is 25.1 Å². The van der Waals surface area contributed by atoms with Gasteiger partial charge in [-0.3, -0.25) is 0 Å². The fourth-order valence-electron chi connectivity index (χ4n) is 3.99. The van der Waals surface area contributed by atoms with Gasteiger partial charge in [-0.2, -0.15) is 9.97 Å². The van der Waals surface area contributed by atoms with Crippen LogP contribution in [0, 0.1) is 0 Å². The van der Waals surface area contributed by atoms with E-state index in [1.165, 1.54) is 0 Å². The largest absolute Gasteiger partial charge is 0.477 e. The van der Waals surface area contributed by atoms with Crippen LogP contribution in [0.3, 0.4) is 0 Å². The van der Waals surface area contributed by atoms with E-state index in [4.69, 9.17) is 24.2 Å². The third kappa shape index (κ3) is 4.84. The van der Waals surface area contributed by atoms with E-state index in [9.17, 15) is 0 Å². The molecule has 2 saturated heterocycles. The number of benzene rings is 1. The zero-order valence-electron chi connectivity index (χ0n) is 18.0. The summed E-state index contributed by atoms with van der Waals surface area (Å²) in [6, 6.07) is 10.3. The number of nitrogens with zero attached hydrogens (tertiary/aromatic N) is 4. The van der Waals surface area contributed by atoms with Crippen molar-refractivity contribution in [3.05, 3.63) is 35.9 Å². The summed E-state index contributed by atoms with van der Waals surface area (Å²) in [6.45, 7) is 6.56. The monoisotopic (exact) mass is 412 g/mol. The van der Waals surface area contributed by atoms with Gasteiger partial charge in [0.05, 0.1) is 31.5 Å². The molecule has 1 unspecified atom stereocenters. The lowest BCUT2D eigenvalue weighted by atomic mass is 10.2. The minimum atomic E-state index is 0.307. The molecule has 30 heavy (non-hydrogen) atoms. The first-order chi connectivity index (χ1) is 14.8. The molecule has 162 valence electrons. The van der Waals surface area contributed by atoms with E-state index in [2.05, 4.69) is 35.9 Å². The Morgan fingerprint density at radius 3 is 2.63 bits per heavy atom. The molecule has 0 N–H and O–H groups in total. The smallest absolute Gasteiger partial charge is 0.230 e. The maximum Gasteiger partial charge on any atom is 0.230 e. The topological polar surface area (TPSA) is 60.0 Å². The lowest BCUT2D eigenvalue weighted by Gasteiger charge is -2.29. The summed E-state index contributed by atoms with van der Waals surface area (Å²) >= 11 is 0. The van der Waals surface area contributed by atoms with Crippen LogP contribution in [0.4, 0.5) is 17.5 Å². The molecule has 4 rings (SSSR count). The fraction of sp³-hybridized carbons (Fsp3) is 0.565. The van der Waals surface area contributed by atoms with Gasteiger partial charge in [0.25, 0.3) is 0 Å². The second kappa shape index (κ2) is 10.1. The maximum absolute atomic E-state index is 6.23. The van der Waals surface area contributed by atoms with Crippen molar-refractivity contribution in [2.75, 3.05) is 56.4 Å². The summed E-state index contributed by atoms with van der Waals surface area (Å²) < 4.78 is 17.5. The fourth-order valence-corrected chi connectivity index (χ4v) is 3.99. The first kappa shape index (κ1) is 20.9. The normalized spacial score (nSPS) is 19.1. The quantitative estimate of drug-likeness (QED) is 0.657. The van der Waals surface area contributed by atoms with E-state index in [-0.39, 0.29) is 0 Å². The maximum atomic E-state index is 6.23. The minimum absolute atomic E-state index is 0.307. The molecule has 2 fully saturated rings. The van der Waals surface area contributed by atoms with E-state index < -0.39 is 0 Å². The molecule has 1 aromatic heterocycles. The summed E-state index contributed by atoms with van der Waals surface area (Å²) in [7, 11) is 2.05. The van der Waals surface area contributed by atoms with Crippen LogP contribution < -0.4 is 14.5 Å². The number of ether oxygens (including phenoxy) is 3. The lowest BCUT2D eigenvalue weighted by molar-refractivity contribution is 0.0894. The molecule has 2 aliphatic heterocycles. The average molecular weight is 413 g/mol. The predicted molar refractivity (Wildman–Crippen MR) is 118 cm³/mol. The number of hydrogen-bond donors (Lipinski definition) is 0. The molecule has 7 nitrogen and oxygen atoms in total. The summed E-state index contributed by atoms with van der Waals surface area (Å²) in [6.07, 6.45) is 4.26. The number of anilines is 3. The van der Waals surface area contributed by atoms with Crippen molar-refractivity contribution < 1.29 is 14.2 Å². The Morgan fingerprint density at radius 2 is 1.93 bits per heavy atom. The highest BCUT2D eigenvalue weighted by molar-refractivity contribution is 5.65. The van der Waals surface area contributed by atoms with Crippen LogP contribution in [0.2, 0.25) is 0 Å². The van der Waals surface area contributed by atoms with Gasteiger partial charge in [0.15, 0.2) is 0 Å². The van der Waals surface area contributed by atoms with E-state index >= 15 is 0 Å². The van der Waals surface area contributed by atoms with E-state index in [0.717, 1.165) is 62.4 Å². The molecule has 1 aromatic carbocycles. The molecule has 2 aliphatic rings. The van der Waals surface area contributed by atoms with Crippen LogP contribution in [0.25, 0.3) is 0 Å². The first-order valence-corrected chi connectivity index (χ1v) is 11.0. The van der Waals surface area contributed by atoms with Crippen LogP contribution in [-0.2, 0) is 15.9 Å². The first-order valence-electron chi connectivity index (χ1n) is 11.0. The van der Waals surface area contributed by atoms with Crippen molar-refractivity contribution in [1.29, 1.82) is 0 Å². The highest BCUT2D eigenvalue weighted by Gasteiger charge is 2.23. The average Bonchev–Trinajstić information content (AvgIpc) is 3.33. The summed E-state index contributed by atoms with van der Waals surface area (Å²) in [4.78, 5) is 14.1. The summed E-state index contributed by atoms with van der Waals surface area (Å²) in [5.41, 5.74) is 2.12. The minimum Gasteiger partial charge on any atom is -0.477 e. The van der Waals surface area contributed by atoms with Gasteiger partial charge in [-0.15, -0.1) is 0 Å². The second-order valence-corrected chi connectivity index (χ2v) is 7.75. The third-order valence-corrected chi connectivity index (χ3v) is 5.75. The van der Waals surface area contributed by atoms with Gasteiger partial charge < -0.3 is 24.0 Å². The number of hydrogen-bond acceptors (Lipinski definition) is 7. The SMILES string of the molecule is CCc1c(OCCC2CCCO2)nc(N2CCOCC2)nc1N(C)c1ccccc1. The Hall–Kier alpha value is -2.38. The molecule has 2 aromatic rings. The van der Waals surface area contributed by atoms with Crippen LogP contribution in [0.15, 0.2) is 30.3 Å². The zero-order valence-corrected chi connectivity index (χ0v) is 18.0. The second-order valence-electron chi connectivity index (χ2n) is 7.75. The Bertz CT molecular complexity index is 806. The Kier molecular flexibility index (Phi) is 7.02. The molecular weight excluding hydrogens is 380 g/mol. The summed E-state index contributed by atoms with van der Waals surface area (Å²) in [5.74, 6) is 2.29.